The molecule has 0 radical (unpaired) electrons. The minimum atomic E-state index is -0.829. The summed E-state index contributed by atoms with van der Waals surface area (Å²) in [5.41, 5.74) is 1.68. The van der Waals surface area contributed by atoms with Gasteiger partial charge in [-0.3, -0.25) is 9.59 Å². The third-order valence-corrected chi connectivity index (χ3v) is 3.83. The van der Waals surface area contributed by atoms with E-state index in [9.17, 15) is 9.59 Å². The Morgan fingerprint density at radius 3 is 2.50 bits per heavy atom. The molecule has 0 saturated heterocycles. The average molecular weight is 374 g/mol. The molecule has 9 nitrogen and oxygen atoms in total. The van der Waals surface area contributed by atoms with Crippen LogP contribution in [0.1, 0.15) is 0 Å². The molecule has 0 aliphatic rings. The Hall–Kier alpha value is -4.27. The first-order valence-corrected chi connectivity index (χ1v) is 8.27. The van der Waals surface area contributed by atoms with Crippen molar-refractivity contribution in [2.45, 2.75) is 0 Å². The second kappa shape index (κ2) is 7.54. The zero-order valence-corrected chi connectivity index (χ0v) is 14.4. The van der Waals surface area contributed by atoms with E-state index in [0.29, 0.717) is 23.0 Å². The van der Waals surface area contributed by atoms with Crippen LogP contribution in [-0.4, -0.2) is 31.6 Å². The largest absolute Gasteiger partial charge is 0.464 e. The number of aromatic nitrogens is 4. The van der Waals surface area contributed by atoms with Gasteiger partial charge in [0.1, 0.15) is 18.4 Å². The van der Waals surface area contributed by atoms with Crippen molar-refractivity contribution < 1.29 is 14.0 Å². The molecule has 0 saturated carbocycles. The third kappa shape index (κ3) is 3.63. The van der Waals surface area contributed by atoms with E-state index in [1.165, 1.54) is 17.3 Å². The Balaban J connectivity index is 1.44. The summed E-state index contributed by atoms with van der Waals surface area (Å²) in [5.74, 6) is -0.569. The Kier molecular flexibility index (Phi) is 4.62. The fraction of sp³-hybridized carbons (Fsp3) is 0. The number of anilines is 2. The highest BCUT2D eigenvalue weighted by Crippen LogP contribution is 2.22. The highest BCUT2D eigenvalue weighted by molar-refractivity contribution is 6.43. The molecule has 4 aromatic rings. The molecule has 2 N–H and O–H groups in total. The van der Waals surface area contributed by atoms with E-state index in [1.807, 2.05) is 6.07 Å². The number of benzene rings is 1. The molecule has 0 aliphatic heterocycles. The molecule has 0 bridgehead atoms. The molecule has 3 heterocycles. The van der Waals surface area contributed by atoms with Gasteiger partial charge in [0.2, 0.25) is 0 Å². The number of hydrogen-bond donors (Lipinski definition) is 2. The minimum Gasteiger partial charge on any atom is -0.464 e. The van der Waals surface area contributed by atoms with Gasteiger partial charge in [0.15, 0.2) is 5.82 Å². The van der Waals surface area contributed by atoms with Crippen LogP contribution >= 0.6 is 0 Å². The van der Waals surface area contributed by atoms with Gasteiger partial charge in [-0.1, -0.05) is 0 Å². The lowest BCUT2D eigenvalue weighted by Crippen LogP contribution is -2.29. The maximum Gasteiger partial charge on any atom is 0.314 e. The van der Waals surface area contributed by atoms with E-state index in [1.54, 1.807) is 54.9 Å². The fourth-order valence-electron chi connectivity index (χ4n) is 2.52. The molecule has 9 heteroatoms. The molecule has 3 aromatic heterocycles. The second-order valence-corrected chi connectivity index (χ2v) is 5.68. The van der Waals surface area contributed by atoms with Crippen LogP contribution in [0.25, 0.3) is 17.1 Å². The van der Waals surface area contributed by atoms with Gasteiger partial charge in [-0.25, -0.2) is 14.6 Å². The molecule has 0 atom stereocenters. The molecule has 28 heavy (non-hydrogen) atoms. The van der Waals surface area contributed by atoms with Crippen LogP contribution in [0.2, 0.25) is 0 Å². The lowest BCUT2D eigenvalue weighted by molar-refractivity contribution is -0.133. The summed E-state index contributed by atoms with van der Waals surface area (Å²) in [6.07, 6.45) is 5.92. The van der Waals surface area contributed by atoms with Crippen molar-refractivity contribution in [3.8, 4) is 17.1 Å². The van der Waals surface area contributed by atoms with Gasteiger partial charge in [0, 0.05) is 17.4 Å². The van der Waals surface area contributed by atoms with Gasteiger partial charge in [0.05, 0.1) is 12.0 Å². The predicted molar refractivity (Wildman–Crippen MR) is 101 cm³/mol. The van der Waals surface area contributed by atoms with Crippen LogP contribution in [0.3, 0.4) is 0 Å². The first-order chi connectivity index (χ1) is 13.7. The molecule has 2 amide bonds. The monoisotopic (exact) mass is 374 g/mol. The number of rotatable bonds is 4. The zero-order valence-electron chi connectivity index (χ0n) is 14.4. The van der Waals surface area contributed by atoms with Crippen LogP contribution < -0.4 is 10.6 Å². The Bertz CT molecular complexity index is 1090. The maximum atomic E-state index is 12.3. The molecule has 0 fully saturated rings. The quantitative estimate of drug-likeness (QED) is 0.530. The van der Waals surface area contributed by atoms with Gasteiger partial charge in [-0.15, -0.1) is 0 Å². The van der Waals surface area contributed by atoms with Crippen molar-refractivity contribution in [2.24, 2.45) is 0 Å². The van der Waals surface area contributed by atoms with Crippen LogP contribution in [0, 0.1) is 0 Å². The molecular formula is C19H14N6O3. The van der Waals surface area contributed by atoms with Crippen LogP contribution in [-0.2, 0) is 9.59 Å². The Labute approximate surface area is 159 Å². The lowest BCUT2D eigenvalue weighted by atomic mass is 10.1. The van der Waals surface area contributed by atoms with E-state index in [-0.39, 0.29) is 0 Å². The summed E-state index contributed by atoms with van der Waals surface area (Å²) in [6.45, 7) is 0. The van der Waals surface area contributed by atoms with Crippen molar-refractivity contribution >= 4 is 23.2 Å². The summed E-state index contributed by atoms with van der Waals surface area (Å²) >= 11 is 0. The van der Waals surface area contributed by atoms with Gasteiger partial charge in [-0.05, 0) is 48.5 Å². The molecule has 4 rings (SSSR count). The number of carbonyl (C=O) groups excluding carboxylic acids is 2. The van der Waals surface area contributed by atoms with Crippen molar-refractivity contribution in [3.63, 3.8) is 0 Å². The summed E-state index contributed by atoms with van der Waals surface area (Å²) in [6, 6.07) is 13.8. The molecule has 0 spiro atoms. The standard InChI is InChI=1S/C19H14N6O3/c26-18(23-14-7-5-13(6-8-14)16-4-2-10-28-16)19(27)24-15-3-1-9-21-17(15)25-12-20-11-22-25/h1-12H,(H,23,26)(H,24,27). The van der Waals surface area contributed by atoms with E-state index >= 15 is 0 Å². The van der Waals surface area contributed by atoms with Crippen molar-refractivity contribution in [2.75, 3.05) is 10.6 Å². The van der Waals surface area contributed by atoms with Gasteiger partial charge in [0.25, 0.3) is 0 Å². The first-order valence-electron chi connectivity index (χ1n) is 8.27. The van der Waals surface area contributed by atoms with Crippen molar-refractivity contribution in [3.05, 3.63) is 73.6 Å². The Morgan fingerprint density at radius 1 is 0.964 bits per heavy atom. The number of hydrogen-bond acceptors (Lipinski definition) is 6. The fourth-order valence-corrected chi connectivity index (χ4v) is 2.52. The summed E-state index contributed by atoms with van der Waals surface area (Å²) in [4.78, 5) is 32.5. The van der Waals surface area contributed by atoms with Crippen LogP contribution in [0.4, 0.5) is 11.4 Å². The summed E-state index contributed by atoms with van der Waals surface area (Å²) in [7, 11) is 0. The van der Waals surface area contributed by atoms with E-state index < -0.39 is 11.8 Å². The van der Waals surface area contributed by atoms with E-state index in [0.717, 1.165) is 5.56 Å². The van der Waals surface area contributed by atoms with E-state index in [4.69, 9.17) is 4.42 Å². The highest BCUT2D eigenvalue weighted by atomic mass is 16.3. The lowest BCUT2D eigenvalue weighted by Gasteiger charge is -2.10. The van der Waals surface area contributed by atoms with Crippen molar-refractivity contribution in [1.82, 2.24) is 19.7 Å². The van der Waals surface area contributed by atoms with E-state index in [2.05, 4.69) is 25.7 Å². The summed E-state index contributed by atoms with van der Waals surface area (Å²) in [5, 5.41) is 9.07. The van der Waals surface area contributed by atoms with Crippen LogP contribution in [0.15, 0.2) is 78.1 Å². The minimum absolute atomic E-state index is 0.335. The predicted octanol–water partition coefficient (Wildman–Crippen LogP) is 2.50. The first kappa shape index (κ1) is 17.2. The Morgan fingerprint density at radius 2 is 1.79 bits per heavy atom. The normalized spacial score (nSPS) is 10.4. The molecule has 1 aromatic carbocycles. The van der Waals surface area contributed by atoms with Gasteiger partial charge in [-0.2, -0.15) is 5.10 Å². The number of nitrogens with one attached hydrogen (secondary N) is 2. The molecule has 138 valence electrons. The van der Waals surface area contributed by atoms with Crippen LogP contribution in [0.5, 0.6) is 0 Å². The van der Waals surface area contributed by atoms with Crippen molar-refractivity contribution in [1.29, 1.82) is 0 Å². The number of pyridine rings is 1. The average Bonchev–Trinajstić information content (AvgIpc) is 3.43. The topological polar surface area (TPSA) is 115 Å². The number of nitrogens with zero attached hydrogens (tertiary/aromatic N) is 4. The number of carbonyl (C=O) groups is 2. The number of amides is 2. The van der Waals surface area contributed by atoms with Gasteiger partial charge < -0.3 is 15.1 Å². The highest BCUT2D eigenvalue weighted by Gasteiger charge is 2.17. The zero-order chi connectivity index (χ0) is 19.3. The SMILES string of the molecule is O=C(Nc1ccc(-c2ccco2)cc1)C(=O)Nc1cccnc1-n1cncn1. The molecule has 0 aliphatic carbocycles. The third-order valence-electron chi connectivity index (χ3n) is 3.83. The smallest absolute Gasteiger partial charge is 0.314 e. The molecule has 0 unspecified atom stereocenters. The van der Waals surface area contributed by atoms with Gasteiger partial charge >= 0.3 is 11.8 Å². The number of furan rings is 1. The summed E-state index contributed by atoms with van der Waals surface area (Å²) < 4.78 is 6.71. The maximum absolute atomic E-state index is 12.3. The second-order valence-electron chi connectivity index (χ2n) is 5.68. The molecular weight excluding hydrogens is 360 g/mol.